The van der Waals surface area contributed by atoms with Gasteiger partial charge in [0.2, 0.25) is 0 Å². The predicted molar refractivity (Wildman–Crippen MR) is 55.0 cm³/mol. The highest BCUT2D eigenvalue weighted by Gasteiger charge is 2.16. The molecular weight excluding hydrogens is 238 g/mol. The molecule has 2 rings (SSSR count). The van der Waals surface area contributed by atoms with Crippen LogP contribution in [0.3, 0.4) is 0 Å². The van der Waals surface area contributed by atoms with Crippen LogP contribution in [0.4, 0.5) is 0 Å². The maximum Gasteiger partial charge on any atom is 0.261 e. The van der Waals surface area contributed by atoms with Crippen LogP contribution < -0.4 is 0 Å². The van der Waals surface area contributed by atoms with Crippen molar-refractivity contribution in [1.82, 2.24) is 5.16 Å². The second-order valence-electron chi connectivity index (χ2n) is 2.85. The molecule has 0 aliphatic rings. The Kier molecular flexibility index (Phi) is 2.50. The van der Waals surface area contributed by atoms with Crippen LogP contribution in [0.25, 0.3) is 11.1 Å². The zero-order chi connectivity index (χ0) is 10.9. The molecule has 0 atom stereocenters. The minimum atomic E-state index is -3.76. The van der Waals surface area contributed by atoms with E-state index in [4.69, 9.17) is 10.7 Å². The molecule has 1 heterocycles. The van der Waals surface area contributed by atoms with Gasteiger partial charge in [-0.05, 0) is 6.07 Å². The number of hydrogen-bond acceptors (Lipinski definition) is 4. The molecule has 2 aromatic rings. The number of rotatable bonds is 2. The lowest BCUT2D eigenvalue weighted by Crippen LogP contribution is -1.93. The van der Waals surface area contributed by atoms with Crippen molar-refractivity contribution in [3.63, 3.8) is 0 Å². The zero-order valence-corrected chi connectivity index (χ0v) is 8.99. The van der Waals surface area contributed by atoms with E-state index in [9.17, 15) is 8.42 Å². The van der Waals surface area contributed by atoms with Crippen molar-refractivity contribution in [3.05, 3.63) is 36.7 Å². The van der Waals surface area contributed by atoms with Crippen molar-refractivity contribution in [2.24, 2.45) is 0 Å². The Balaban J connectivity index is 2.68. The van der Waals surface area contributed by atoms with E-state index in [1.165, 1.54) is 18.5 Å². The summed E-state index contributed by atoms with van der Waals surface area (Å²) in [4.78, 5) is 0.0508. The zero-order valence-electron chi connectivity index (χ0n) is 7.42. The minimum absolute atomic E-state index is 0.0508. The van der Waals surface area contributed by atoms with E-state index < -0.39 is 9.05 Å². The van der Waals surface area contributed by atoms with Gasteiger partial charge in [-0.25, -0.2) is 8.42 Å². The van der Waals surface area contributed by atoms with Gasteiger partial charge in [0.15, 0.2) is 0 Å². The van der Waals surface area contributed by atoms with Crippen LogP contribution in [0, 0.1) is 0 Å². The molecular formula is C9H6ClNO3S. The van der Waals surface area contributed by atoms with E-state index >= 15 is 0 Å². The topological polar surface area (TPSA) is 60.2 Å². The van der Waals surface area contributed by atoms with Gasteiger partial charge in [0, 0.05) is 21.8 Å². The van der Waals surface area contributed by atoms with Gasteiger partial charge in [-0.1, -0.05) is 23.4 Å². The molecule has 15 heavy (non-hydrogen) atoms. The van der Waals surface area contributed by atoms with E-state index in [0.29, 0.717) is 11.1 Å². The van der Waals surface area contributed by atoms with Crippen molar-refractivity contribution >= 4 is 19.7 Å². The molecule has 0 unspecified atom stereocenters. The first-order valence-corrected chi connectivity index (χ1v) is 6.33. The molecule has 6 heteroatoms. The number of benzene rings is 1. The fourth-order valence-corrected chi connectivity index (χ4v) is 2.35. The predicted octanol–water partition coefficient (Wildman–Crippen LogP) is 2.27. The first-order valence-electron chi connectivity index (χ1n) is 4.02. The van der Waals surface area contributed by atoms with Crippen molar-refractivity contribution in [1.29, 1.82) is 0 Å². The SMILES string of the molecule is O=S(=O)(Cl)c1ccccc1-c1cnoc1. The molecule has 0 aliphatic carbocycles. The molecule has 0 radical (unpaired) electrons. The van der Waals surface area contributed by atoms with Gasteiger partial charge >= 0.3 is 0 Å². The van der Waals surface area contributed by atoms with Crippen molar-refractivity contribution < 1.29 is 12.9 Å². The van der Waals surface area contributed by atoms with E-state index in [0.717, 1.165) is 0 Å². The summed E-state index contributed by atoms with van der Waals surface area (Å²) in [6.07, 6.45) is 2.79. The summed E-state index contributed by atoms with van der Waals surface area (Å²) in [5.74, 6) is 0. The molecule has 0 saturated carbocycles. The van der Waals surface area contributed by atoms with Crippen LogP contribution in [0.5, 0.6) is 0 Å². The summed E-state index contributed by atoms with van der Waals surface area (Å²) in [6.45, 7) is 0. The quantitative estimate of drug-likeness (QED) is 0.759. The summed E-state index contributed by atoms with van der Waals surface area (Å²) in [7, 11) is 1.55. The molecule has 4 nitrogen and oxygen atoms in total. The largest absolute Gasteiger partial charge is 0.364 e. The highest BCUT2D eigenvalue weighted by Crippen LogP contribution is 2.28. The first-order chi connectivity index (χ1) is 7.09. The molecule has 78 valence electrons. The monoisotopic (exact) mass is 243 g/mol. The molecule has 0 N–H and O–H groups in total. The molecule has 1 aromatic carbocycles. The summed E-state index contributed by atoms with van der Waals surface area (Å²) >= 11 is 0. The molecule has 0 aliphatic heterocycles. The molecule has 0 amide bonds. The Hall–Kier alpha value is -1.33. The van der Waals surface area contributed by atoms with Crippen LogP contribution in [-0.4, -0.2) is 13.6 Å². The van der Waals surface area contributed by atoms with E-state index in [1.807, 2.05) is 0 Å². The number of halogens is 1. The summed E-state index contributed by atoms with van der Waals surface area (Å²) in [5.41, 5.74) is 1.06. The minimum Gasteiger partial charge on any atom is -0.364 e. The maximum absolute atomic E-state index is 11.3. The standard InChI is InChI=1S/C9H6ClNO3S/c10-15(12,13)9-4-2-1-3-8(9)7-5-11-14-6-7/h1-6H. The summed E-state index contributed by atoms with van der Waals surface area (Å²) < 4.78 is 27.2. The van der Waals surface area contributed by atoms with Crippen LogP contribution in [0.2, 0.25) is 0 Å². The first kappa shape index (κ1) is 10.2. The summed E-state index contributed by atoms with van der Waals surface area (Å²) in [5, 5.41) is 3.51. The summed E-state index contributed by atoms with van der Waals surface area (Å²) in [6, 6.07) is 6.40. The Labute approximate surface area is 90.9 Å². The van der Waals surface area contributed by atoms with Crippen molar-refractivity contribution in [2.75, 3.05) is 0 Å². The van der Waals surface area contributed by atoms with Crippen molar-refractivity contribution in [2.45, 2.75) is 4.90 Å². The fraction of sp³-hybridized carbons (Fsp3) is 0. The highest BCUT2D eigenvalue weighted by atomic mass is 35.7. The number of hydrogen-bond donors (Lipinski definition) is 0. The Morgan fingerprint density at radius 1 is 1.27 bits per heavy atom. The lowest BCUT2D eigenvalue weighted by atomic mass is 10.1. The van der Waals surface area contributed by atoms with Gasteiger partial charge in [0.25, 0.3) is 9.05 Å². The third-order valence-corrected chi connectivity index (χ3v) is 3.27. The number of aromatic nitrogens is 1. The Morgan fingerprint density at radius 3 is 2.60 bits per heavy atom. The average Bonchev–Trinajstić information content (AvgIpc) is 2.69. The lowest BCUT2D eigenvalue weighted by Gasteiger charge is -2.02. The van der Waals surface area contributed by atoms with Gasteiger partial charge < -0.3 is 4.52 Å². The van der Waals surface area contributed by atoms with E-state index in [1.54, 1.807) is 18.2 Å². The second-order valence-corrected chi connectivity index (χ2v) is 5.38. The van der Waals surface area contributed by atoms with Gasteiger partial charge in [-0.3, -0.25) is 0 Å². The van der Waals surface area contributed by atoms with Crippen LogP contribution >= 0.6 is 10.7 Å². The van der Waals surface area contributed by atoms with Crippen LogP contribution in [0.1, 0.15) is 0 Å². The molecule has 0 spiro atoms. The second kappa shape index (κ2) is 3.67. The highest BCUT2D eigenvalue weighted by molar-refractivity contribution is 8.13. The van der Waals surface area contributed by atoms with E-state index in [-0.39, 0.29) is 4.90 Å². The smallest absolute Gasteiger partial charge is 0.261 e. The van der Waals surface area contributed by atoms with Crippen LogP contribution in [0.15, 0.2) is 46.1 Å². The van der Waals surface area contributed by atoms with E-state index in [2.05, 4.69) is 9.68 Å². The number of nitrogens with zero attached hydrogens (tertiary/aromatic N) is 1. The third-order valence-electron chi connectivity index (χ3n) is 1.89. The maximum atomic E-state index is 11.3. The Morgan fingerprint density at radius 2 is 2.00 bits per heavy atom. The van der Waals surface area contributed by atoms with Gasteiger partial charge in [0.05, 0.1) is 11.1 Å². The van der Waals surface area contributed by atoms with Gasteiger partial charge in [-0.2, -0.15) is 0 Å². The molecule has 0 saturated heterocycles. The normalized spacial score (nSPS) is 11.5. The van der Waals surface area contributed by atoms with Crippen LogP contribution in [-0.2, 0) is 9.05 Å². The Bertz CT molecular complexity index is 563. The van der Waals surface area contributed by atoms with Gasteiger partial charge in [-0.15, -0.1) is 0 Å². The average molecular weight is 244 g/mol. The van der Waals surface area contributed by atoms with Crippen molar-refractivity contribution in [3.8, 4) is 11.1 Å². The molecule has 0 fully saturated rings. The molecule has 1 aromatic heterocycles. The van der Waals surface area contributed by atoms with Gasteiger partial charge in [0.1, 0.15) is 6.26 Å². The third kappa shape index (κ3) is 2.03. The fourth-order valence-electron chi connectivity index (χ4n) is 1.26. The lowest BCUT2D eigenvalue weighted by molar-refractivity contribution is 0.420. The molecule has 0 bridgehead atoms.